The quantitative estimate of drug-likeness (QED) is 0.628. The van der Waals surface area contributed by atoms with Gasteiger partial charge in [0, 0.05) is 17.8 Å². The minimum absolute atomic E-state index is 0.799. The summed E-state index contributed by atoms with van der Waals surface area (Å²) in [6.07, 6.45) is 2.03. The lowest BCUT2D eigenvalue weighted by molar-refractivity contribution is 0.316. The van der Waals surface area contributed by atoms with Gasteiger partial charge in [-0.2, -0.15) is 5.10 Å². The molecular weight excluding hydrogens is 338 g/mol. The van der Waals surface area contributed by atoms with E-state index in [0.29, 0.717) is 0 Å². The highest BCUT2D eigenvalue weighted by molar-refractivity contribution is 8.00. The maximum Gasteiger partial charge on any atom is 0.174 e. The number of thioether (sulfide) groups is 1. The molecule has 126 valence electrons. The molecule has 0 aliphatic rings. The predicted molar refractivity (Wildman–Crippen MR) is 99.9 cm³/mol. The highest BCUT2D eigenvalue weighted by Crippen LogP contribution is 2.22. The van der Waals surface area contributed by atoms with E-state index in [1.165, 1.54) is 11.3 Å². The molecule has 7 heteroatoms. The second kappa shape index (κ2) is 7.46. The number of aryl methyl sites for hydroxylation is 1. The molecule has 0 amide bonds. The molecule has 0 saturated carbocycles. The van der Waals surface area contributed by atoms with E-state index in [2.05, 4.69) is 48.1 Å². The Morgan fingerprint density at radius 1 is 1.12 bits per heavy atom. The Morgan fingerprint density at radius 2 is 1.88 bits per heavy atom. The summed E-state index contributed by atoms with van der Waals surface area (Å²) in [5.74, 6) is 0. The average Bonchev–Trinajstić information content (AvgIpc) is 3.15. The molecule has 0 unspecified atom stereocenters. The molecular formula is C17H21N5S2. The van der Waals surface area contributed by atoms with Gasteiger partial charge in [-0.15, -0.1) is 10.2 Å². The third kappa shape index (κ3) is 3.68. The van der Waals surface area contributed by atoms with Gasteiger partial charge in [0.15, 0.2) is 4.34 Å². The standard InChI is InChI=1S/C17H21N5S2/c1-12-15(10-21(3)11-16-18-19-17(23-4)24-16)13(2)22(20-12)14-8-6-5-7-9-14/h5-9H,10-11H2,1-4H3. The van der Waals surface area contributed by atoms with Gasteiger partial charge in [0.05, 0.1) is 17.9 Å². The average molecular weight is 360 g/mol. The number of nitrogens with zero attached hydrogens (tertiary/aromatic N) is 5. The van der Waals surface area contributed by atoms with Crippen molar-refractivity contribution >= 4 is 23.1 Å². The van der Waals surface area contributed by atoms with Crippen molar-refractivity contribution in [3.05, 3.63) is 52.3 Å². The van der Waals surface area contributed by atoms with Crippen molar-refractivity contribution in [3.63, 3.8) is 0 Å². The predicted octanol–water partition coefficient (Wildman–Crippen LogP) is 3.69. The Labute approximate surface area is 150 Å². The van der Waals surface area contributed by atoms with E-state index in [-0.39, 0.29) is 0 Å². The molecule has 0 N–H and O–H groups in total. The largest absolute Gasteiger partial charge is 0.295 e. The molecule has 2 heterocycles. The molecule has 0 radical (unpaired) electrons. The molecule has 0 aliphatic heterocycles. The van der Waals surface area contributed by atoms with E-state index in [1.54, 1.807) is 23.1 Å². The number of rotatable bonds is 6. The summed E-state index contributed by atoms with van der Waals surface area (Å²) in [6.45, 7) is 5.85. The summed E-state index contributed by atoms with van der Waals surface area (Å²) in [5, 5.41) is 14.2. The fraction of sp³-hybridized carbons (Fsp3) is 0.353. The third-order valence-corrected chi connectivity index (χ3v) is 5.78. The zero-order valence-corrected chi connectivity index (χ0v) is 16.0. The van der Waals surface area contributed by atoms with Crippen molar-refractivity contribution in [2.24, 2.45) is 0 Å². The van der Waals surface area contributed by atoms with E-state index in [9.17, 15) is 0 Å². The van der Waals surface area contributed by atoms with Gasteiger partial charge in [-0.3, -0.25) is 4.90 Å². The van der Waals surface area contributed by atoms with Gasteiger partial charge in [0.2, 0.25) is 0 Å². The van der Waals surface area contributed by atoms with Crippen molar-refractivity contribution < 1.29 is 0 Å². The summed E-state index contributed by atoms with van der Waals surface area (Å²) in [4.78, 5) is 2.26. The van der Waals surface area contributed by atoms with Crippen LogP contribution in [0.1, 0.15) is 22.0 Å². The number of hydrogen-bond acceptors (Lipinski definition) is 6. The van der Waals surface area contributed by atoms with Gasteiger partial charge >= 0.3 is 0 Å². The van der Waals surface area contributed by atoms with E-state index in [0.717, 1.165) is 33.8 Å². The SMILES string of the molecule is CSc1nnc(CN(C)Cc2c(C)nn(-c3ccccc3)c2C)s1. The fourth-order valence-corrected chi connectivity index (χ4v) is 4.06. The smallest absolute Gasteiger partial charge is 0.174 e. The first-order valence-electron chi connectivity index (χ1n) is 7.74. The van der Waals surface area contributed by atoms with Gasteiger partial charge in [-0.1, -0.05) is 41.3 Å². The molecule has 5 nitrogen and oxygen atoms in total. The van der Waals surface area contributed by atoms with Gasteiger partial charge in [0.25, 0.3) is 0 Å². The molecule has 3 aromatic rings. The number of hydrogen-bond donors (Lipinski definition) is 0. The zero-order valence-electron chi connectivity index (χ0n) is 14.4. The van der Waals surface area contributed by atoms with Crippen LogP contribution >= 0.6 is 23.1 Å². The minimum atomic E-state index is 0.799. The maximum atomic E-state index is 4.72. The van der Waals surface area contributed by atoms with Gasteiger partial charge < -0.3 is 0 Å². The lowest BCUT2D eigenvalue weighted by atomic mass is 10.2. The second-order valence-corrected chi connectivity index (χ2v) is 7.85. The molecule has 24 heavy (non-hydrogen) atoms. The van der Waals surface area contributed by atoms with Crippen molar-refractivity contribution in [1.29, 1.82) is 0 Å². The molecule has 0 fully saturated rings. The van der Waals surface area contributed by atoms with Crippen molar-refractivity contribution in [2.45, 2.75) is 31.3 Å². The number of benzene rings is 1. The van der Waals surface area contributed by atoms with Gasteiger partial charge in [0.1, 0.15) is 5.01 Å². The minimum Gasteiger partial charge on any atom is -0.295 e. The summed E-state index contributed by atoms with van der Waals surface area (Å²) >= 11 is 3.30. The van der Waals surface area contributed by atoms with Crippen molar-refractivity contribution in [1.82, 2.24) is 24.9 Å². The molecule has 1 aromatic carbocycles. The molecule has 0 bridgehead atoms. The fourth-order valence-electron chi connectivity index (χ4n) is 2.67. The van der Waals surface area contributed by atoms with Crippen LogP contribution in [0.2, 0.25) is 0 Å². The number of aromatic nitrogens is 4. The highest BCUT2D eigenvalue weighted by atomic mass is 32.2. The van der Waals surface area contributed by atoms with E-state index < -0.39 is 0 Å². The normalized spacial score (nSPS) is 11.4. The van der Waals surface area contributed by atoms with Crippen LogP contribution in [0.4, 0.5) is 0 Å². The van der Waals surface area contributed by atoms with Crippen LogP contribution in [0, 0.1) is 13.8 Å². The van der Waals surface area contributed by atoms with Crippen LogP contribution in [-0.2, 0) is 13.1 Å². The van der Waals surface area contributed by atoms with Gasteiger partial charge in [-0.25, -0.2) is 4.68 Å². The molecule has 0 aliphatic carbocycles. The Bertz CT molecular complexity index is 810. The zero-order chi connectivity index (χ0) is 17.1. The monoisotopic (exact) mass is 359 g/mol. The first-order valence-corrected chi connectivity index (χ1v) is 9.78. The van der Waals surface area contributed by atoms with E-state index in [1.807, 2.05) is 29.1 Å². The Kier molecular flexibility index (Phi) is 5.33. The van der Waals surface area contributed by atoms with Crippen LogP contribution in [-0.4, -0.2) is 38.2 Å². The Balaban J connectivity index is 1.76. The van der Waals surface area contributed by atoms with Crippen molar-refractivity contribution in [2.75, 3.05) is 13.3 Å². The lowest BCUT2D eigenvalue weighted by Crippen LogP contribution is -2.18. The van der Waals surface area contributed by atoms with Crippen molar-refractivity contribution in [3.8, 4) is 5.69 Å². The summed E-state index contributed by atoms with van der Waals surface area (Å²) in [7, 11) is 2.11. The highest BCUT2D eigenvalue weighted by Gasteiger charge is 2.15. The topological polar surface area (TPSA) is 46.8 Å². The summed E-state index contributed by atoms with van der Waals surface area (Å²) in [6, 6.07) is 10.3. The number of para-hydroxylation sites is 1. The lowest BCUT2D eigenvalue weighted by Gasteiger charge is -2.15. The van der Waals surface area contributed by atoms with E-state index in [4.69, 9.17) is 5.10 Å². The molecule has 0 atom stereocenters. The Hall–Kier alpha value is -1.70. The first-order chi connectivity index (χ1) is 11.6. The maximum absolute atomic E-state index is 4.72. The molecule has 3 rings (SSSR count). The second-order valence-electron chi connectivity index (χ2n) is 5.73. The molecule has 0 saturated heterocycles. The summed E-state index contributed by atoms with van der Waals surface area (Å²) < 4.78 is 3.04. The van der Waals surface area contributed by atoms with Crippen LogP contribution in [0.5, 0.6) is 0 Å². The van der Waals surface area contributed by atoms with Crippen LogP contribution < -0.4 is 0 Å². The van der Waals surface area contributed by atoms with Gasteiger partial charge in [-0.05, 0) is 39.3 Å². The summed E-state index contributed by atoms with van der Waals surface area (Å²) in [5.41, 5.74) is 4.63. The van der Waals surface area contributed by atoms with Crippen LogP contribution in [0.3, 0.4) is 0 Å². The van der Waals surface area contributed by atoms with E-state index >= 15 is 0 Å². The molecule has 2 aromatic heterocycles. The third-order valence-electron chi connectivity index (χ3n) is 3.90. The first kappa shape index (κ1) is 17.1. The van der Waals surface area contributed by atoms with Crippen LogP contribution in [0.25, 0.3) is 5.69 Å². The molecule has 0 spiro atoms. The van der Waals surface area contributed by atoms with Crippen LogP contribution in [0.15, 0.2) is 34.7 Å². The Morgan fingerprint density at radius 3 is 2.54 bits per heavy atom.